The van der Waals surface area contributed by atoms with Crippen molar-refractivity contribution in [2.75, 3.05) is 53.0 Å². The van der Waals surface area contributed by atoms with Gasteiger partial charge in [-0.2, -0.15) is 0 Å². The van der Waals surface area contributed by atoms with E-state index in [0.717, 1.165) is 44.4 Å². The minimum Gasteiger partial charge on any atom is -0.508 e. The number of hydrogen-bond acceptors (Lipinski definition) is 5. The van der Waals surface area contributed by atoms with Crippen LogP contribution < -0.4 is 15.4 Å². The molecule has 1 aromatic carbocycles. The molecule has 3 N–H and O–H groups in total. The number of hydrogen-bond donors (Lipinski definition) is 3. The lowest BCUT2D eigenvalue weighted by molar-refractivity contribution is -0.00683. The maximum Gasteiger partial charge on any atom is 0.191 e. The Morgan fingerprint density at radius 3 is 2.61 bits per heavy atom. The summed E-state index contributed by atoms with van der Waals surface area (Å²) in [6, 6.07) is 5.39. The van der Waals surface area contributed by atoms with Crippen molar-refractivity contribution in [1.82, 2.24) is 15.5 Å². The van der Waals surface area contributed by atoms with Crippen molar-refractivity contribution in [2.45, 2.75) is 32.7 Å². The summed E-state index contributed by atoms with van der Waals surface area (Å²) in [5.74, 6) is 1.71. The van der Waals surface area contributed by atoms with E-state index in [-0.39, 0.29) is 35.3 Å². The number of aromatic hydroxyl groups is 1. The van der Waals surface area contributed by atoms with Gasteiger partial charge in [-0.15, -0.1) is 24.0 Å². The van der Waals surface area contributed by atoms with Crippen molar-refractivity contribution in [2.24, 2.45) is 4.99 Å². The molecule has 0 aromatic heterocycles. The smallest absolute Gasteiger partial charge is 0.191 e. The normalized spacial score (nSPS) is 15.6. The van der Waals surface area contributed by atoms with Gasteiger partial charge in [0.1, 0.15) is 11.5 Å². The summed E-state index contributed by atoms with van der Waals surface area (Å²) in [6.07, 6.45) is 0.701. The zero-order valence-corrected chi connectivity index (χ0v) is 19.8. The monoisotopic (exact) mass is 506 g/mol. The average molecular weight is 506 g/mol. The third-order valence-corrected chi connectivity index (χ3v) is 4.81. The molecular formula is C20H35IN4O3. The van der Waals surface area contributed by atoms with E-state index in [0.29, 0.717) is 25.3 Å². The van der Waals surface area contributed by atoms with Gasteiger partial charge in [-0.25, -0.2) is 0 Å². The van der Waals surface area contributed by atoms with Crippen molar-refractivity contribution in [1.29, 1.82) is 0 Å². The summed E-state index contributed by atoms with van der Waals surface area (Å²) in [5.41, 5.74) is 0.869. The molecule has 1 aliphatic heterocycles. The number of guanidine groups is 1. The highest BCUT2D eigenvalue weighted by atomic mass is 127. The first-order chi connectivity index (χ1) is 13.0. The van der Waals surface area contributed by atoms with E-state index in [1.54, 1.807) is 13.2 Å². The van der Waals surface area contributed by atoms with Gasteiger partial charge < -0.3 is 25.2 Å². The SMILES string of the molecule is CCNC(=NCC(C)(C)N1CCOCC1)NCCc1ccc(OC)cc1O.I. The molecular weight excluding hydrogens is 471 g/mol. The number of phenolic OH excluding ortho intramolecular Hbond substituents is 1. The fourth-order valence-electron chi connectivity index (χ4n) is 3.08. The Kier molecular flexibility index (Phi) is 10.9. The Labute approximate surface area is 185 Å². The predicted octanol–water partition coefficient (Wildman–Crippen LogP) is 2.23. The molecule has 28 heavy (non-hydrogen) atoms. The Balaban J connectivity index is 0.00000392. The summed E-state index contributed by atoms with van der Waals surface area (Å²) in [4.78, 5) is 7.20. The number of benzene rings is 1. The first-order valence-electron chi connectivity index (χ1n) is 9.67. The lowest BCUT2D eigenvalue weighted by Crippen LogP contribution is -2.52. The van der Waals surface area contributed by atoms with E-state index in [2.05, 4.69) is 36.3 Å². The Morgan fingerprint density at radius 1 is 1.29 bits per heavy atom. The maximum atomic E-state index is 10.1. The molecule has 0 spiro atoms. The molecule has 0 unspecified atom stereocenters. The highest BCUT2D eigenvalue weighted by Crippen LogP contribution is 2.23. The van der Waals surface area contributed by atoms with Gasteiger partial charge in [0.25, 0.3) is 0 Å². The first-order valence-corrected chi connectivity index (χ1v) is 9.67. The number of morpholine rings is 1. The molecule has 0 bridgehead atoms. The second-order valence-corrected chi connectivity index (χ2v) is 7.28. The van der Waals surface area contributed by atoms with Crippen molar-refractivity contribution in [3.05, 3.63) is 23.8 Å². The summed E-state index contributed by atoms with van der Waals surface area (Å²) in [6.45, 7) is 12.2. The van der Waals surface area contributed by atoms with Crippen LogP contribution in [0.4, 0.5) is 0 Å². The molecule has 1 aliphatic rings. The van der Waals surface area contributed by atoms with Crippen LogP contribution in [0.3, 0.4) is 0 Å². The van der Waals surface area contributed by atoms with Crippen molar-refractivity contribution in [3.63, 3.8) is 0 Å². The molecule has 1 heterocycles. The molecule has 0 atom stereocenters. The highest BCUT2D eigenvalue weighted by molar-refractivity contribution is 14.0. The molecule has 2 rings (SSSR count). The van der Waals surface area contributed by atoms with E-state index in [1.165, 1.54) is 0 Å². The van der Waals surface area contributed by atoms with E-state index in [4.69, 9.17) is 14.5 Å². The second kappa shape index (κ2) is 12.3. The molecule has 8 heteroatoms. The summed E-state index contributed by atoms with van der Waals surface area (Å²) < 4.78 is 10.6. The lowest BCUT2D eigenvalue weighted by Gasteiger charge is -2.39. The number of phenols is 1. The summed E-state index contributed by atoms with van der Waals surface area (Å²) >= 11 is 0. The maximum absolute atomic E-state index is 10.1. The van der Waals surface area contributed by atoms with E-state index in [1.807, 2.05) is 12.1 Å². The Hall–Kier alpha value is -1.26. The van der Waals surface area contributed by atoms with Crippen molar-refractivity contribution >= 4 is 29.9 Å². The van der Waals surface area contributed by atoms with E-state index in [9.17, 15) is 5.11 Å². The molecule has 0 saturated carbocycles. The zero-order chi connectivity index (χ0) is 19.7. The molecule has 0 radical (unpaired) electrons. The van der Waals surface area contributed by atoms with E-state index >= 15 is 0 Å². The fourth-order valence-corrected chi connectivity index (χ4v) is 3.08. The zero-order valence-electron chi connectivity index (χ0n) is 17.5. The second-order valence-electron chi connectivity index (χ2n) is 7.28. The summed E-state index contributed by atoms with van der Waals surface area (Å²) in [7, 11) is 1.59. The van der Waals surface area contributed by atoms with Gasteiger partial charge in [0.2, 0.25) is 0 Å². The standard InChI is InChI=1S/C20H34N4O3.HI/c1-5-21-19(23-15-20(2,3)24-10-12-27-13-11-24)22-9-8-16-6-7-17(26-4)14-18(16)25;/h6-7,14,25H,5,8-13,15H2,1-4H3,(H2,21,22,23);1H. The van der Waals surface area contributed by atoms with Crippen LogP contribution in [0.2, 0.25) is 0 Å². The Bertz CT molecular complexity index is 619. The topological polar surface area (TPSA) is 78.4 Å². The van der Waals surface area contributed by atoms with Gasteiger partial charge in [0.15, 0.2) is 5.96 Å². The van der Waals surface area contributed by atoms with Crippen molar-refractivity contribution in [3.8, 4) is 11.5 Å². The van der Waals surface area contributed by atoms with Gasteiger partial charge in [0, 0.05) is 37.8 Å². The number of aliphatic imine (C=N–C) groups is 1. The third kappa shape index (κ3) is 7.63. The number of ether oxygens (including phenoxy) is 2. The number of nitrogens with one attached hydrogen (secondary N) is 2. The number of nitrogens with zero attached hydrogens (tertiary/aromatic N) is 2. The van der Waals surface area contributed by atoms with Gasteiger partial charge in [-0.05, 0) is 38.8 Å². The van der Waals surface area contributed by atoms with Gasteiger partial charge in [0.05, 0.1) is 26.9 Å². The van der Waals surface area contributed by atoms with Crippen LogP contribution in [0, 0.1) is 0 Å². The van der Waals surface area contributed by atoms with Gasteiger partial charge in [-0.1, -0.05) is 6.07 Å². The minimum absolute atomic E-state index is 0. The molecule has 1 aromatic rings. The lowest BCUT2D eigenvalue weighted by atomic mass is 10.0. The van der Waals surface area contributed by atoms with Gasteiger partial charge >= 0.3 is 0 Å². The van der Waals surface area contributed by atoms with Crippen LogP contribution in [0.5, 0.6) is 11.5 Å². The van der Waals surface area contributed by atoms with Crippen LogP contribution in [0.1, 0.15) is 26.3 Å². The summed E-state index contributed by atoms with van der Waals surface area (Å²) in [5, 5.41) is 16.7. The first kappa shape index (κ1) is 24.8. The molecule has 160 valence electrons. The molecule has 1 fully saturated rings. The number of methoxy groups -OCH3 is 1. The molecule has 1 saturated heterocycles. The third-order valence-electron chi connectivity index (χ3n) is 4.81. The van der Waals surface area contributed by atoms with Crippen LogP contribution >= 0.6 is 24.0 Å². The highest BCUT2D eigenvalue weighted by Gasteiger charge is 2.28. The predicted molar refractivity (Wildman–Crippen MR) is 124 cm³/mol. The van der Waals surface area contributed by atoms with Gasteiger partial charge in [-0.3, -0.25) is 9.89 Å². The number of halogens is 1. The minimum atomic E-state index is -0.0135. The Morgan fingerprint density at radius 2 is 2.00 bits per heavy atom. The van der Waals surface area contributed by atoms with Crippen LogP contribution in [0.15, 0.2) is 23.2 Å². The molecule has 0 aliphatic carbocycles. The fraction of sp³-hybridized carbons (Fsp3) is 0.650. The van der Waals surface area contributed by atoms with Crippen LogP contribution in [0.25, 0.3) is 0 Å². The quantitative estimate of drug-likeness (QED) is 0.285. The largest absolute Gasteiger partial charge is 0.508 e. The molecule has 0 amide bonds. The van der Waals surface area contributed by atoms with Crippen molar-refractivity contribution < 1.29 is 14.6 Å². The van der Waals surface area contributed by atoms with Crippen LogP contribution in [-0.2, 0) is 11.2 Å². The van der Waals surface area contributed by atoms with E-state index < -0.39 is 0 Å². The molecule has 7 nitrogen and oxygen atoms in total. The number of rotatable bonds is 8. The average Bonchev–Trinajstić information content (AvgIpc) is 2.68. The van der Waals surface area contributed by atoms with Crippen LogP contribution in [-0.4, -0.2) is 74.6 Å².